The molecule has 0 aromatic carbocycles. The minimum absolute atomic E-state index is 0.0696. The van der Waals surface area contributed by atoms with Crippen molar-refractivity contribution >= 4 is 11.9 Å². The van der Waals surface area contributed by atoms with Gasteiger partial charge < -0.3 is 20.4 Å². The predicted molar refractivity (Wildman–Crippen MR) is 113 cm³/mol. The van der Waals surface area contributed by atoms with Crippen molar-refractivity contribution in [1.82, 2.24) is 0 Å². The number of nitrogens with two attached hydrogens (primary N) is 1. The fourth-order valence-electron chi connectivity index (χ4n) is 3.37. The minimum atomic E-state index is -1.19. The molecule has 0 radical (unpaired) electrons. The van der Waals surface area contributed by atoms with E-state index in [0.717, 1.165) is 32.1 Å². The normalized spacial score (nSPS) is 13.2. The van der Waals surface area contributed by atoms with Crippen LogP contribution in [0.1, 0.15) is 123 Å². The van der Waals surface area contributed by atoms with Crippen LogP contribution < -0.4 is 10.8 Å². The lowest BCUT2D eigenvalue weighted by Crippen LogP contribution is -2.36. The van der Waals surface area contributed by atoms with Crippen LogP contribution in [0.2, 0.25) is 0 Å². The van der Waals surface area contributed by atoms with Crippen LogP contribution in [-0.4, -0.2) is 24.1 Å². The van der Waals surface area contributed by atoms with Gasteiger partial charge in [0.1, 0.15) is 12.1 Å². The topological polar surface area (TPSA) is 92.5 Å². The van der Waals surface area contributed by atoms with Crippen LogP contribution in [-0.2, 0) is 14.3 Å². The van der Waals surface area contributed by atoms with Crippen molar-refractivity contribution in [3.8, 4) is 0 Å². The highest BCUT2D eigenvalue weighted by Gasteiger charge is 2.19. The van der Waals surface area contributed by atoms with Crippen molar-refractivity contribution in [2.24, 2.45) is 5.73 Å². The summed E-state index contributed by atoms with van der Waals surface area (Å²) in [5, 5.41) is 10.5. The summed E-state index contributed by atoms with van der Waals surface area (Å²) in [5.41, 5.74) is 5.74. The molecule has 0 aliphatic carbocycles. The number of carboxylic acids is 1. The molecule has 0 rings (SSSR count). The zero-order chi connectivity index (χ0) is 21.0. The lowest BCUT2D eigenvalue weighted by molar-refractivity contribution is -0.305. The molecule has 0 aromatic rings. The van der Waals surface area contributed by atoms with Gasteiger partial charge in [0.25, 0.3) is 0 Å². The quantitative estimate of drug-likeness (QED) is 0.238. The third-order valence-corrected chi connectivity index (χ3v) is 5.25. The van der Waals surface area contributed by atoms with E-state index in [1.807, 2.05) is 0 Å². The Bertz CT molecular complexity index is 387. The number of esters is 1. The van der Waals surface area contributed by atoms with Gasteiger partial charge in [0.15, 0.2) is 0 Å². The monoisotopic (exact) mass is 398 g/mol. The predicted octanol–water partition coefficient (Wildman–Crippen LogP) is 4.65. The van der Waals surface area contributed by atoms with Crippen LogP contribution in [0.4, 0.5) is 0 Å². The Labute approximate surface area is 172 Å². The highest BCUT2D eigenvalue weighted by atomic mass is 16.5. The summed E-state index contributed by atoms with van der Waals surface area (Å²) in [4.78, 5) is 22.6. The molecular formula is C23H44NO4-. The number of hydrogen-bond acceptors (Lipinski definition) is 5. The van der Waals surface area contributed by atoms with Crippen LogP contribution in [0.25, 0.3) is 0 Å². The first-order valence-corrected chi connectivity index (χ1v) is 11.7. The molecule has 5 heteroatoms. The zero-order valence-electron chi connectivity index (χ0n) is 18.4. The van der Waals surface area contributed by atoms with E-state index in [1.165, 1.54) is 64.2 Å². The maximum absolute atomic E-state index is 12.1. The van der Waals surface area contributed by atoms with Gasteiger partial charge in [-0.2, -0.15) is 0 Å². The second-order valence-corrected chi connectivity index (χ2v) is 8.04. The summed E-state index contributed by atoms with van der Waals surface area (Å²) in [6.45, 7) is 4.37. The smallest absolute Gasteiger partial charge is 0.323 e. The third-order valence-electron chi connectivity index (χ3n) is 5.25. The van der Waals surface area contributed by atoms with Gasteiger partial charge in [-0.05, 0) is 32.1 Å². The van der Waals surface area contributed by atoms with E-state index < -0.39 is 18.0 Å². The van der Waals surface area contributed by atoms with Crippen molar-refractivity contribution in [3.05, 3.63) is 0 Å². The number of carboxylic acid groups (broad SMARTS) is 1. The molecule has 2 N–H and O–H groups in total. The number of aliphatic carboxylic acids is 1. The Hall–Kier alpha value is -1.10. The molecule has 0 spiro atoms. The summed E-state index contributed by atoms with van der Waals surface area (Å²) in [7, 11) is 0. The fraction of sp³-hybridized carbons (Fsp3) is 0.913. The van der Waals surface area contributed by atoms with Gasteiger partial charge in [0.2, 0.25) is 0 Å². The van der Waals surface area contributed by atoms with Gasteiger partial charge in [0, 0.05) is 5.97 Å². The first-order chi connectivity index (χ1) is 13.5. The van der Waals surface area contributed by atoms with Crippen LogP contribution >= 0.6 is 0 Å². The molecule has 0 heterocycles. The van der Waals surface area contributed by atoms with E-state index >= 15 is 0 Å². The summed E-state index contributed by atoms with van der Waals surface area (Å²) >= 11 is 0. The molecule has 0 fully saturated rings. The van der Waals surface area contributed by atoms with Crippen molar-refractivity contribution in [2.75, 3.05) is 0 Å². The third kappa shape index (κ3) is 17.0. The highest BCUT2D eigenvalue weighted by Crippen LogP contribution is 2.17. The molecular weight excluding hydrogens is 354 g/mol. The number of unbranched alkanes of at least 4 members (excludes halogenated alkanes) is 11. The van der Waals surface area contributed by atoms with Crippen molar-refractivity contribution in [3.63, 3.8) is 0 Å². The van der Waals surface area contributed by atoms with E-state index in [9.17, 15) is 14.7 Å². The van der Waals surface area contributed by atoms with Crippen molar-refractivity contribution in [2.45, 2.75) is 135 Å². The standard InChI is InChI=1S/C23H45NO4/c1-3-5-7-8-9-10-11-12-13-14-15-17-20(16-6-4-2)28-23(27)21(24)18-19-22(25)26/h20-21H,3-19,24H2,1-2H3,(H,25,26)/p-1. The molecule has 2 atom stereocenters. The van der Waals surface area contributed by atoms with Crippen LogP contribution in [0.3, 0.4) is 0 Å². The molecule has 2 unspecified atom stereocenters. The molecule has 5 nitrogen and oxygen atoms in total. The minimum Gasteiger partial charge on any atom is -0.550 e. The highest BCUT2D eigenvalue weighted by molar-refractivity contribution is 5.76. The Balaban J connectivity index is 3.87. The van der Waals surface area contributed by atoms with E-state index in [-0.39, 0.29) is 18.9 Å². The summed E-state index contributed by atoms with van der Waals surface area (Å²) in [6, 6.07) is -0.876. The molecule has 166 valence electrons. The van der Waals surface area contributed by atoms with E-state index in [4.69, 9.17) is 10.5 Å². The van der Waals surface area contributed by atoms with E-state index in [1.54, 1.807) is 0 Å². The van der Waals surface area contributed by atoms with Gasteiger partial charge in [-0.3, -0.25) is 4.79 Å². The molecule has 0 aliphatic rings. The number of rotatable bonds is 20. The summed E-state index contributed by atoms with van der Waals surface area (Å²) in [5.74, 6) is -1.67. The number of carbonyl (C=O) groups excluding carboxylic acids is 2. The van der Waals surface area contributed by atoms with E-state index in [0.29, 0.717) is 0 Å². The molecule has 0 amide bonds. The van der Waals surface area contributed by atoms with Gasteiger partial charge in [-0.15, -0.1) is 0 Å². The Morgan fingerprint density at radius 1 is 0.750 bits per heavy atom. The maximum Gasteiger partial charge on any atom is 0.323 e. The van der Waals surface area contributed by atoms with Gasteiger partial charge >= 0.3 is 5.97 Å². The van der Waals surface area contributed by atoms with E-state index in [2.05, 4.69) is 13.8 Å². The average molecular weight is 399 g/mol. The molecule has 0 aromatic heterocycles. The van der Waals surface area contributed by atoms with Crippen LogP contribution in [0.15, 0.2) is 0 Å². The lowest BCUT2D eigenvalue weighted by Gasteiger charge is -2.20. The number of hydrogen-bond donors (Lipinski definition) is 1. The average Bonchev–Trinajstić information content (AvgIpc) is 2.67. The Morgan fingerprint density at radius 3 is 1.71 bits per heavy atom. The molecule has 0 aliphatic heterocycles. The molecule has 0 saturated carbocycles. The van der Waals surface area contributed by atoms with Gasteiger partial charge in [-0.25, -0.2) is 0 Å². The molecule has 28 heavy (non-hydrogen) atoms. The van der Waals surface area contributed by atoms with Crippen molar-refractivity contribution in [1.29, 1.82) is 0 Å². The SMILES string of the molecule is CCCCCCCCCCCCCC(CCCC)OC(=O)C(N)CCC(=O)[O-]. The van der Waals surface area contributed by atoms with Gasteiger partial charge in [-0.1, -0.05) is 90.9 Å². The lowest BCUT2D eigenvalue weighted by atomic mass is 10.0. The maximum atomic E-state index is 12.1. The van der Waals surface area contributed by atoms with Gasteiger partial charge in [0.05, 0.1) is 0 Å². The first kappa shape index (κ1) is 26.9. The Kier molecular flexibility index (Phi) is 18.5. The largest absolute Gasteiger partial charge is 0.550 e. The zero-order valence-corrected chi connectivity index (χ0v) is 18.4. The summed E-state index contributed by atoms with van der Waals surface area (Å²) in [6.07, 6.45) is 17.8. The fourth-order valence-corrected chi connectivity index (χ4v) is 3.37. The number of ether oxygens (including phenoxy) is 1. The molecule has 0 bridgehead atoms. The van der Waals surface area contributed by atoms with Crippen LogP contribution in [0.5, 0.6) is 0 Å². The summed E-state index contributed by atoms with van der Waals surface area (Å²) < 4.78 is 5.56. The van der Waals surface area contributed by atoms with Crippen molar-refractivity contribution < 1.29 is 19.4 Å². The second-order valence-electron chi connectivity index (χ2n) is 8.04. The number of carbonyl (C=O) groups is 2. The first-order valence-electron chi connectivity index (χ1n) is 11.7. The van der Waals surface area contributed by atoms with Crippen LogP contribution in [0, 0.1) is 0 Å². The molecule has 0 saturated heterocycles. The Morgan fingerprint density at radius 2 is 1.21 bits per heavy atom. The second kappa shape index (κ2) is 19.2.